The molecular weight excluding hydrogens is 393 g/mol. The van der Waals surface area contributed by atoms with E-state index in [2.05, 4.69) is 56.5 Å². The molecule has 0 fully saturated rings. The Morgan fingerprint density at radius 2 is 1.95 bits per heavy atom. The summed E-state index contributed by atoms with van der Waals surface area (Å²) in [5.74, 6) is 1.98. The number of nitrogens with one attached hydrogen (secondary N) is 1. The Morgan fingerprint density at radius 1 is 1.27 bits per heavy atom. The first kappa shape index (κ1) is 18.4. The number of aromatic nitrogens is 2. The number of aliphatic imine (C=N–C) groups is 1. The Morgan fingerprint density at radius 3 is 2.50 bits per heavy atom. The number of halogens is 1. The van der Waals surface area contributed by atoms with Gasteiger partial charge < -0.3 is 14.7 Å². The Kier molecular flexibility index (Phi) is 7.30. The van der Waals surface area contributed by atoms with Crippen LogP contribution in [-0.2, 0) is 13.1 Å². The van der Waals surface area contributed by atoms with Crippen molar-refractivity contribution in [2.45, 2.75) is 26.9 Å². The molecule has 6 nitrogen and oxygen atoms in total. The molecule has 0 bridgehead atoms. The van der Waals surface area contributed by atoms with Crippen molar-refractivity contribution in [1.82, 2.24) is 20.4 Å². The van der Waals surface area contributed by atoms with Crippen LogP contribution in [0, 0.1) is 13.8 Å². The number of aryl methyl sites for hydroxylation is 2. The zero-order valence-corrected chi connectivity index (χ0v) is 15.7. The topological polar surface area (TPSA) is 66.5 Å². The predicted molar refractivity (Wildman–Crippen MR) is 97.3 cm³/mol. The van der Waals surface area contributed by atoms with Crippen LogP contribution in [0.2, 0.25) is 0 Å². The normalized spacial score (nSPS) is 11.0. The maximum absolute atomic E-state index is 4.94. The summed E-state index contributed by atoms with van der Waals surface area (Å²) in [6, 6.07) is 8.48. The minimum atomic E-state index is 0. The zero-order chi connectivity index (χ0) is 15.2. The highest BCUT2D eigenvalue weighted by molar-refractivity contribution is 14.0. The summed E-state index contributed by atoms with van der Waals surface area (Å²) in [4.78, 5) is 10.5. The number of hydrogen-bond acceptors (Lipinski definition) is 4. The lowest BCUT2D eigenvalue weighted by Crippen LogP contribution is -2.38. The molecule has 0 spiro atoms. The highest BCUT2D eigenvalue weighted by Gasteiger charge is 2.08. The van der Waals surface area contributed by atoms with Crippen LogP contribution in [0.3, 0.4) is 0 Å². The van der Waals surface area contributed by atoms with E-state index in [4.69, 9.17) is 4.52 Å². The number of benzene rings is 1. The maximum Gasteiger partial charge on any atom is 0.223 e. The molecule has 0 radical (unpaired) electrons. The Hall–Kier alpha value is -1.64. The van der Waals surface area contributed by atoms with Crippen molar-refractivity contribution in [1.29, 1.82) is 0 Å². The molecule has 0 aliphatic rings. The van der Waals surface area contributed by atoms with Gasteiger partial charge in [-0.2, -0.15) is 4.98 Å². The smallest absolute Gasteiger partial charge is 0.223 e. The Balaban J connectivity index is 0.00000242. The molecule has 1 N–H and O–H groups in total. The van der Waals surface area contributed by atoms with Crippen LogP contribution in [0.1, 0.15) is 22.8 Å². The number of nitrogens with zero attached hydrogens (tertiary/aromatic N) is 4. The molecule has 0 amide bonds. The average Bonchev–Trinajstić information content (AvgIpc) is 2.88. The monoisotopic (exact) mass is 415 g/mol. The minimum absolute atomic E-state index is 0. The van der Waals surface area contributed by atoms with Gasteiger partial charge in [-0.25, -0.2) is 0 Å². The fourth-order valence-corrected chi connectivity index (χ4v) is 2.00. The molecule has 0 aliphatic carbocycles. The first-order chi connectivity index (χ1) is 10.1. The van der Waals surface area contributed by atoms with E-state index in [1.807, 2.05) is 7.05 Å². The molecule has 0 unspecified atom stereocenters. The second-order valence-electron chi connectivity index (χ2n) is 4.97. The van der Waals surface area contributed by atoms with Gasteiger partial charge in [0.2, 0.25) is 5.89 Å². The molecule has 0 saturated carbocycles. The predicted octanol–water partition coefficient (Wildman–Crippen LogP) is 2.51. The molecular formula is C15H22IN5O. The van der Waals surface area contributed by atoms with Gasteiger partial charge in [-0.15, -0.1) is 24.0 Å². The van der Waals surface area contributed by atoms with Crippen LogP contribution in [0.4, 0.5) is 0 Å². The first-order valence-corrected chi connectivity index (χ1v) is 6.85. The van der Waals surface area contributed by atoms with Gasteiger partial charge in [0.25, 0.3) is 0 Å². The largest absolute Gasteiger partial charge is 0.349 e. The van der Waals surface area contributed by atoms with E-state index < -0.39 is 0 Å². The van der Waals surface area contributed by atoms with Crippen LogP contribution >= 0.6 is 24.0 Å². The van der Waals surface area contributed by atoms with Crippen LogP contribution < -0.4 is 5.32 Å². The molecule has 0 atom stereocenters. The van der Waals surface area contributed by atoms with Crippen molar-refractivity contribution in [3.63, 3.8) is 0 Å². The second kappa shape index (κ2) is 8.72. The van der Waals surface area contributed by atoms with Crippen molar-refractivity contribution >= 4 is 29.9 Å². The molecule has 120 valence electrons. The van der Waals surface area contributed by atoms with E-state index in [1.54, 1.807) is 14.0 Å². The van der Waals surface area contributed by atoms with Gasteiger partial charge >= 0.3 is 0 Å². The molecule has 0 saturated heterocycles. The first-order valence-electron chi connectivity index (χ1n) is 6.85. The van der Waals surface area contributed by atoms with Gasteiger partial charge in [0.15, 0.2) is 11.8 Å². The molecule has 1 aromatic heterocycles. The van der Waals surface area contributed by atoms with E-state index in [-0.39, 0.29) is 24.0 Å². The summed E-state index contributed by atoms with van der Waals surface area (Å²) in [5, 5.41) is 7.07. The number of guanidine groups is 1. The third-order valence-corrected chi connectivity index (χ3v) is 3.09. The van der Waals surface area contributed by atoms with Crippen molar-refractivity contribution in [3.05, 3.63) is 47.1 Å². The molecule has 2 aromatic rings. The molecule has 1 aromatic carbocycles. The quantitative estimate of drug-likeness (QED) is 0.472. The number of hydrogen-bond donors (Lipinski definition) is 1. The lowest BCUT2D eigenvalue weighted by Gasteiger charge is -2.21. The van der Waals surface area contributed by atoms with Gasteiger partial charge in [-0.3, -0.25) is 4.99 Å². The highest BCUT2D eigenvalue weighted by Crippen LogP contribution is 2.06. The standard InChI is InChI=1S/C15H21N5O.HI/c1-11-5-7-13(8-6-11)10-20(4)15(16-3)17-9-14-18-12(2)21-19-14;/h5-8H,9-10H2,1-4H3,(H,16,17);1H. The fourth-order valence-electron chi connectivity index (χ4n) is 2.00. The third kappa shape index (κ3) is 5.28. The van der Waals surface area contributed by atoms with Crippen molar-refractivity contribution in [3.8, 4) is 0 Å². The van der Waals surface area contributed by atoms with Crippen LogP contribution in [0.15, 0.2) is 33.8 Å². The fraction of sp³-hybridized carbons (Fsp3) is 0.400. The molecule has 0 aliphatic heterocycles. The zero-order valence-electron chi connectivity index (χ0n) is 13.3. The molecule has 1 heterocycles. The molecule has 22 heavy (non-hydrogen) atoms. The SMILES string of the molecule is CN=C(NCc1noc(C)n1)N(C)Cc1ccc(C)cc1.I. The maximum atomic E-state index is 4.94. The Labute approximate surface area is 148 Å². The highest BCUT2D eigenvalue weighted by atomic mass is 127. The van der Waals surface area contributed by atoms with Crippen molar-refractivity contribution in [2.24, 2.45) is 4.99 Å². The van der Waals surface area contributed by atoms with Crippen LogP contribution in [0.25, 0.3) is 0 Å². The number of rotatable bonds is 4. The van der Waals surface area contributed by atoms with E-state index in [0.717, 1.165) is 12.5 Å². The summed E-state index contributed by atoms with van der Waals surface area (Å²) in [7, 11) is 3.76. The van der Waals surface area contributed by atoms with E-state index in [0.29, 0.717) is 18.3 Å². The van der Waals surface area contributed by atoms with Gasteiger partial charge in [0, 0.05) is 27.6 Å². The Bertz CT molecular complexity index is 609. The van der Waals surface area contributed by atoms with E-state index >= 15 is 0 Å². The third-order valence-electron chi connectivity index (χ3n) is 3.09. The summed E-state index contributed by atoms with van der Waals surface area (Å²) in [6.45, 7) is 5.13. The van der Waals surface area contributed by atoms with Gasteiger partial charge in [0.05, 0.1) is 6.54 Å². The summed E-state index contributed by atoms with van der Waals surface area (Å²) in [5.41, 5.74) is 2.50. The van der Waals surface area contributed by atoms with Gasteiger partial charge in [0.1, 0.15) is 0 Å². The van der Waals surface area contributed by atoms with Crippen molar-refractivity contribution < 1.29 is 4.52 Å². The average molecular weight is 415 g/mol. The van der Waals surface area contributed by atoms with Crippen molar-refractivity contribution in [2.75, 3.05) is 14.1 Å². The molecule has 7 heteroatoms. The summed E-state index contributed by atoms with van der Waals surface area (Å²) < 4.78 is 4.94. The lowest BCUT2D eigenvalue weighted by atomic mass is 10.1. The lowest BCUT2D eigenvalue weighted by molar-refractivity contribution is 0.386. The van der Waals surface area contributed by atoms with Crippen LogP contribution in [0.5, 0.6) is 0 Å². The van der Waals surface area contributed by atoms with Crippen LogP contribution in [-0.4, -0.2) is 35.1 Å². The van der Waals surface area contributed by atoms with Gasteiger partial charge in [-0.05, 0) is 12.5 Å². The van der Waals surface area contributed by atoms with Gasteiger partial charge in [-0.1, -0.05) is 35.0 Å². The molecule has 2 rings (SSSR count). The minimum Gasteiger partial charge on any atom is -0.349 e. The summed E-state index contributed by atoms with van der Waals surface area (Å²) >= 11 is 0. The van der Waals surface area contributed by atoms with E-state index in [9.17, 15) is 0 Å². The summed E-state index contributed by atoms with van der Waals surface area (Å²) in [6.07, 6.45) is 0. The second-order valence-corrected chi connectivity index (χ2v) is 4.97. The van der Waals surface area contributed by atoms with E-state index in [1.165, 1.54) is 11.1 Å².